The summed E-state index contributed by atoms with van der Waals surface area (Å²) in [6, 6.07) is 14.2. The van der Waals surface area contributed by atoms with E-state index in [1.54, 1.807) is 0 Å². The van der Waals surface area contributed by atoms with Gasteiger partial charge in [0.05, 0.1) is 0 Å². The highest BCUT2D eigenvalue weighted by molar-refractivity contribution is 6.31. The van der Waals surface area contributed by atoms with Crippen LogP contribution in [0.1, 0.15) is 16.7 Å². The average molecular weight is 275 g/mol. The van der Waals surface area contributed by atoms with Crippen LogP contribution in [0, 0.1) is 6.92 Å². The fourth-order valence-electron chi connectivity index (χ4n) is 1.96. The summed E-state index contributed by atoms with van der Waals surface area (Å²) < 4.78 is 0. The van der Waals surface area contributed by atoms with Crippen molar-refractivity contribution >= 4 is 17.3 Å². The summed E-state index contributed by atoms with van der Waals surface area (Å²) in [5.41, 5.74) is 10.1. The van der Waals surface area contributed by atoms with E-state index in [1.165, 1.54) is 11.1 Å². The highest BCUT2D eigenvalue weighted by Crippen LogP contribution is 2.16. The summed E-state index contributed by atoms with van der Waals surface area (Å²) >= 11 is 6.11. The third-order valence-corrected chi connectivity index (χ3v) is 3.51. The minimum atomic E-state index is 0.810. The van der Waals surface area contributed by atoms with E-state index in [9.17, 15) is 0 Å². The van der Waals surface area contributed by atoms with Gasteiger partial charge in [0.25, 0.3) is 0 Å². The van der Waals surface area contributed by atoms with Gasteiger partial charge in [-0.25, -0.2) is 0 Å². The van der Waals surface area contributed by atoms with Crippen LogP contribution < -0.4 is 11.1 Å². The molecule has 3 heteroatoms. The highest BCUT2D eigenvalue weighted by Gasteiger charge is 1.98. The number of rotatable bonds is 5. The maximum absolute atomic E-state index is 6.11. The standard InChI is InChI=1S/C16H19ClN2/c1-12-5-6-13(10-16(12)17)7-8-19-11-14-3-2-4-15(18)9-14/h2-6,9-10,19H,7-8,11,18H2,1H3. The molecule has 0 radical (unpaired) electrons. The van der Waals surface area contributed by atoms with Crippen molar-refractivity contribution in [2.45, 2.75) is 19.9 Å². The Bertz CT molecular complexity index is 552. The molecule has 2 rings (SSSR count). The molecule has 0 heterocycles. The van der Waals surface area contributed by atoms with Gasteiger partial charge in [-0.1, -0.05) is 35.9 Å². The Kier molecular flexibility index (Phi) is 4.83. The number of hydrogen-bond acceptors (Lipinski definition) is 2. The van der Waals surface area contributed by atoms with Gasteiger partial charge >= 0.3 is 0 Å². The van der Waals surface area contributed by atoms with E-state index in [1.807, 2.05) is 31.2 Å². The van der Waals surface area contributed by atoms with E-state index in [-0.39, 0.29) is 0 Å². The molecule has 0 unspecified atom stereocenters. The van der Waals surface area contributed by atoms with Crippen molar-refractivity contribution in [3.63, 3.8) is 0 Å². The molecule has 0 saturated carbocycles. The number of nitrogens with one attached hydrogen (secondary N) is 1. The molecule has 19 heavy (non-hydrogen) atoms. The number of benzene rings is 2. The molecule has 0 fully saturated rings. The van der Waals surface area contributed by atoms with E-state index in [0.29, 0.717) is 0 Å². The molecule has 0 aliphatic heterocycles. The minimum Gasteiger partial charge on any atom is -0.399 e. The third kappa shape index (κ3) is 4.27. The van der Waals surface area contributed by atoms with Gasteiger partial charge in [0, 0.05) is 17.3 Å². The lowest BCUT2D eigenvalue weighted by atomic mass is 10.1. The lowest BCUT2D eigenvalue weighted by Crippen LogP contribution is -2.16. The van der Waals surface area contributed by atoms with Crippen molar-refractivity contribution in [2.24, 2.45) is 0 Å². The molecule has 100 valence electrons. The van der Waals surface area contributed by atoms with Crippen LogP contribution in [0.2, 0.25) is 5.02 Å². The Morgan fingerprint density at radius 1 is 1.11 bits per heavy atom. The average Bonchev–Trinajstić information content (AvgIpc) is 2.39. The molecule has 0 aliphatic rings. The molecule has 2 aromatic rings. The SMILES string of the molecule is Cc1ccc(CCNCc2cccc(N)c2)cc1Cl. The molecule has 0 aromatic heterocycles. The number of hydrogen-bond donors (Lipinski definition) is 2. The monoisotopic (exact) mass is 274 g/mol. The van der Waals surface area contributed by atoms with Gasteiger partial charge in [-0.3, -0.25) is 0 Å². The maximum Gasteiger partial charge on any atom is 0.0437 e. The molecule has 0 aliphatic carbocycles. The molecule has 0 atom stereocenters. The number of anilines is 1. The van der Waals surface area contributed by atoms with E-state index in [4.69, 9.17) is 17.3 Å². The van der Waals surface area contributed by atoms with Crippen molar-refractivity contribution in [2.75, 3.05) is 12.3 Å². The van der Waals surface area contributed by atoms with Gasteiger partial charge in [-0.15, -0.1) is 0 Å². The topological polar surface area (TPSA) is 38.0 Å². The van der Waals surface area contributed by atoms with Crippen molar-refractivity contribution < 1.29 is 0 Å². The van der Waals surface area contributed by atoms with Crippen LogP contribution in [0.4, 0.5) is 5.69 Å². The summed E-state index contributed by atoms with van der Waals surface area (Å²) in [5, 5.41) is 4.25. The Balaban J connectivity index is 1.79. The summed E-state index contributed by atoms with van der Waals surface area (Å²) in [4.78, 5) is 0. The first-order valence-electron chi connectivity index (χ1n) is 6.45. The molecule has 0 bridgehead atoms. The second kappa shape index (κ2) is 6.60. The van der Waals surface area contributed by atoms with Gasteiger partial charge in [0.15, 0.2) is 0 Å². The molecule has 3 N–H and O–H groups in total. The molecular weight excluding hydrogens is 256 g/mol. The molecule has 0 saturated heterocycles. The molecule has 2 nitrogen and oxygen atoms in total. The fourth-order valence-corrected chi connectivity index (χ4v) is 2.16. The van der Waals surface area contributed by atoms with Gasteiger partial charge in [0.2, 0.25) is 0 Å². The number of nitrogen functional groups attached to an aromatic ring is 1. The largest absolute Gasteiger partial charge is 0.399 e. The van der Waals surface area contributed by atoms with Gasteiger partial charge < -0.3 is 11.1 Å². The van der Waals surface area contributed by atoms with Crippen LogP contribution in [-0.4, -0.2) is 6.54 Å². The smallest absolute Gasteiger partial charge is 0.0437 e. The zero-order valence-electron chi connectivity index (χ0n) is 11.1. The third-order valence-electron chi connectivity index (χ3n) is 3.11. The van der Waals surface area contributed by atoms with Crippen LogP contribution in [-0.2, 0) is 13.0 Å². The minimum absolute atomic E-state index is 0.810. The van der Waals surface area contributed by atoms with E-state index in [2.05, 4.69) is 23.5 Å². The van der Waals surface area contributed by atoms with Gasteiger partial charge in [-0.2, -0.15) is 0 Å². The first kappa shape index (κ1) is 13.9. The number of aryl methyl sites for hydroxylation is 1. The van der Waals surface area contributed by atoms with Crippen molar-refractivity contribution in [1.29, 1.82) is 0 Å². The van der Waals surface area contributed by atoms with Crippen LogP contribution in [0.25, 0.3) is 0 Å². The maximum atomic E-state index is 6.11. The molecule has 2 aromatic carbocycles. The predicted octanol–water partition coefficient (Wildman–Crippen LogP) is 3.56. The normalized spacial score (nSPS) is 10.6. The summed E-state index contributed by atoms with van der Waals surface area (Å²) in [7, 11) is 0. The number of nitrogens with two attached hydrogens (primary N) is 1. The van der Waals surface area contributed by atoms with Gasteiger partial charge in [0.1, 0.15) is 0 Å². The summed E-state index contributed by atoms with van der Waals surface area (Å²) in [5.74, 6) is 0. The lowest BCUT2D eigenvalue weighted by Gasteiger charge is -2.07. The van der Waals surface area contributed by atoms with Crippen LogP contribution in [0.15, 0.2) is 42.5 Å². The second-order valence-electron chi connectivity index (χ2n) is 4.76. The second-order valence-corrected chi connectivity index (χ2v) is 5.16. The Morgan fingerprint density at radius 3 is 2.68 bits per heavy atom. The fraction of sp³-hybridized carbons (Fsp3) is 0.250. The van der Waals surface area contributed by atoms with E-state index in [0.717, 1.165) is 35.8 Å². The van der Waals surface area contributed by atoms with Crippen molar-refractivity contribution in [1.82, 2.24) is 5.32 Å². The number of halogens is 1. The summed E-state index contributed by atoms with van der Waals surface area (Å²) in [6.07, 6.45) is 0.975. The molecule has 0 spiro atoms. The molecular formula is C16H19ClN2. The quantitative estimate of drug-likeness (QED) is 0.646. The highest BCUT2D eigenvalue weighted by atomic mass is 35.5. The lowest BCUT2D eigenvalue weighted by molar-refractivity contribution is 0.687. The van der Waals surface area contributed by atoms with Gasteiger partial charge in [-0.05, 0) is 54.8 Å². The van der Waals surface area contributed by atoms with Crippen molar-refractivity contribution in [3.8, 4) is 0 Å². The van der Waals surface area contributed by atoms with Crippen LogP contribution in [0.5, 0.6) is 0 Å². The first-order chi connectivity index (χ1) is 9.15. The Hall–Kier alpha value is -1.51. The predicted molar refractivity (Wildman–Crippen MR) is 82.5 cm³/mol. The van der Waals surface area contributed by atoms with Crippen molar-refractivity contribution in [3.05, 3.63) is 64.2 Å². The Morgan fingerprint density at radius 2 is 1.95 bits per heavy atom. The Labute approximate surface area is 119 Å². The zero-order chi connectivity index (χ0) is 13.7. The summed E-state index contributed by atoms with van der Waals surface area (Å²) in [6.45, 7) is 3.78. The van der Waals surface area contributed by atoms with Crippen LogP contribution >= 0.6 is 11.6 Å². The van der Waals surface area contributed by atoms with Crippen LogP contribution in [0.3, 0.4) is 0 Å². The zero-order valence-corrected chi connectivity index (χ0v) is 11.9. The first-order valence-corrected chi connectivity index (χ1v) is 6.83. The van der Waals surface area contributed by atoms with E-state index < -0.39 is 0 Å². The van der Waals surface area contributed by atoms with E-state index >= 15 is 0 Å². The molecule has 0 amide bonds.